The summed E-state index contributed by atoms with van der Waals surface area (Å²) in [4.78, 5) is 1.93. The third-order valence-electron chi connectivity index (χ3n) is 2.18. The van der Waals surface area contributed by atoms with E-state index >= 15 is 0 Å². The maximum Gasteiger partial charge on any atom is 0.171 e. The Bertz CT molecular complexity index is 550. The van der Waals surface area contributed by atoms with Crippen LogP contribution in [0.15, 0.2) is 51.6 Å². The Morgan fingerprint density at radius 3 is 2.88 bits per heavy atom. The molecule has 3 N–H and O–H groups in total. The maximum absolute atomic E-state index is 8.72. The molecule has 0 fully saturated rings. The third-order valence-corrected chi connectivity index (χ3v) is 3.20. The molecule has 0 amide bonds. The van der Waals surface area contributed by atoms with E-state index in [0.717, 1.165) is 9.79 Å². The molecule has 0 aliphatic rings. The molecule has 2 aromatic rings. The molecule has 0 aliphatic heterocycles. The fraction of sp³-hybridized carbons (Fsp3) is 0.0909. The summed E-state index contributed by atoms with van der Waals surface area (Å²) >= 11 is 1.52. The van der Waals surface area contributed by atoms with Gasteiger partial charge in [-0.25, -0.2) is 0 Å². The third kappa shape index (κ3) is 2.59. The van der Waals surface area contributed by atoms with Gasteiger partial charge in [0.15, 0.2) is 5.84 Å². The molecule has 0 saturated heterocycles. The minimum absolute atomic E-state index is 0.108. The number of hydrogen-bond acceptors (Lipinski definition) is 4. The number of aryl methyl sites for hydroxylation is 1. The molecule has 1 heterocycles. The monoisotopic (exact) mass is 248 g/mol. The molecule has 0 aliphatic carbocycles. The normalized spacial score (nSPS) is 11.7. The van der Waals surface area contributed by atoms with Gasteiger partial charge in [-0.2, -0.15) is 5.10 Å². The zero-order valence-electron chi connectivity index (χ0n) is 9.24. The lowest BCUT2D eigenvalue weighted by Crippen LogP contribution is -2.13. The van der Waals surface area contributed by atoms with E-state index in [0.29, 0.717) is 5.56 Å². The zero-order valence-corrected chi connectivity index (χ0v) is 10.1. The molecule has 17 heavy (non-hydrogen) atoms. The predicted octanol–water partition coefficient (Wildman–Crippen LogP) is 1.67. The van der Waals surface area contributed by atoms with Gasteiger partial charge < -0.3 is 10.9 Å². The topological polar surface area (TPSA) is 76.4 Å². The molecule has 2 rings (SSSR count). The van der Waals surface area contributed by atoms with E-state index in [1.807, 2.05) is 37.5 Å². The molecule has 0 spiro atoms. The second-order valence-corrected chi connectivity index (χ2v) is 4.55. The van der Waals surface area contributed by atoms with E-state index in [-0.39, 0.29) is 5.84 Å². The highest BCUT2D eigenvalue weighted by Crippen LogP contribution is 2.29. The SMILES string of the molecule is Cn1cc(Sc2ccccc2/C(N)=N/O)cn1. The Hall–Kier alpha value is -1.95. The predicted molar refractivity (Wildman–Crippen MR) is 66.3 cm³/mol. The minimum atomic E-state index is 0.108. The Morgan fingerprint density at radius 1 is 1.47 bits per heavy atom. The molecule has 0 atom stereocenters. The van der Waals surface area contributed by atoms with E-state index in [2.05, 4.69) is 10.3 Å². The van der Waals surface area contributed by atoms with Crippen molar-refractivity contribution in [2.45, 2.75) is 9.79 Å². The number of rotatable bonds is 3. The van der Waals surface area contributed by atoms with Crippen LogP contribution in [-0.2, 0) is 7.05 Å². The Morgan fingerprint density at radius 2 is 2.24 bits per heavy atom. The average Bonchev–Trinajstić information content (AvgIpc) is 2.74. The lowest BCUT2D eigenvalue weighted by molar-refractivity contribution is 0.318. The van der Waals surface area contributed by atoms with Gasteiger partial charge in [-0.05, 0) is 6.07 Å². The van der Waals surface area contributed by atoms with Crippen LogP contribution in [0.1, 0.15) is 5.56 Å². The molecule has 5 nitrogen and oxygen atoms in total. The molecule has 0 saturated carbocycles. The quantitative estimate of drug-likeness (QED) is 0.375. The van der Waals surface area contributed by atoms with Crippen LogP contribution >= 0.6 is 11.8 Å². The molecular weight excluding hydrogens is 236 g/mol. The van der Waals surface area contributed by atoms with Crippen LogP contribution in [0.3, 0.4) is 0 Å². The first kappa shape index (κ1) is 11.5. The molecule has 0 bridgehead atoms. The van der Waals surface area contributed by atoms with Crippen molar-refractivity contribution in [3.63, 3.8) is 0 Å². The van der Waals surface area contributed by atoms with E-state index in [9.17, 15) is 0 Å². The lowest BCUT2D eigenvalue weighted by Gasteiger charge is -2.05. The maximum atomic E-state index is 8.72. The number of benzene rings is 1. The number of nitrogens with zero attached hydrogens (tertiary/aromatic N) is 3. The zero-order chi connectivity index (χ0) is 12.3. The fourth-order valence-electron chi connectivity index (χ4n) is 1.40. The van der Waals surface area contributed by atoms with Crippen molar-refractivity contribution in [3.8, 4) is 0 Å². The first-order chi connectivity index (χ1) is 8.20. The fourth-order valence-corrected chi connectivity index (χ4v) is 2.39. The van der Waals surface area contributed by atoms with Crippen LogP contribution in [0.4, 0.5) is 0 Å². The van der Waals surface area contributed by atoms with Crippen LogP contribution in [0.25, 0.3) is 0 Å². The van der Waals surface area contributed by atoms with Gasteiger partial charge in [-0.3, -0.25) is 4.68 Å². The largest absolute Gasteiger partial charge is 0.409 e. The van der Waals surface area contributed by atoms with Crippen molar-refractivity contribution in [3.05, 3.63) is 42.2 Å². The molecular formula is C11H12N4OS. The molecule has 0 unspecified atom stereocenters. The second-order valence-electron chi connectivity index (χ2n) is 3.43. The molecule has 1 aromatic carbocycles. The van der Waals surface area contributed by atoms with Crippen molar-refractivity contribution in [2.24, 2.45) is 17.9 Å². The molecule has 6 heteroatoms. The van der Waals surface area contributed by atoms with E-state index in [1.165, 1.54) is 11.8 Å². The molecule has 1 aromatic heterocycles. The van der Waals surface area contributed by atoms with E-state index < -0.39 is 0 Å². The number of oxime groups is 1. The van der Waals surface area contributed by atoms with Gasteiger partial charge in [-0.15, -0.1) is 0 Å². The smallest absolute Gasteiger partial charge is 0.171 e. The number of hydrogen-bond donors (Lipinski definition) is 2. The van der Waals surface area contributed by atoms with Gasteiger partial charge in [0.05, 0.1) is 11.1 Å². The first-order valence-corrected chi connectivity index (χ1v) is 5.76. The van der Waals surface area contributed by atoms with E-state index in [4.69, 9.17) is 10.9 Å². The lowest BCUT2D eigenvalue weighted by atomic mass is 10.2. The second kappa shape index (κ2) is 4.92. The van der Waals surface area contributed by atoms with Crippen molar-refractivity contribution >= 4 is 17.6 Å². The van der Waals surface area contributed by atoms with Gasteiger partial charge in [0.25, 0.3) is 0 Å². The number of amidine groups is 1. The highest BCUT2D eigenvalue weighted by molar-refractivity contribution is 7.99. The van der Waals surface area contributed by atoms with Crippen molar-refractivity contribution < 1.29 is 5.21 Å². The van der Waals surface area contributed by atoms with Gasteiger partial charge >= 0.3 is 0 Å². The van der Waals surface area contributed by atoms with Crippen LogP contribution in [0.5, 0.6) is 0 Å². The summed E-state index contributed by atoms with van der Waals surface area (Å²) in [6.07, 6.45) is 3.68. The Balaban J connectivity index is 2.32. The van der Waals surface area contributed by atoms with Crippen molar-refractivity contribution in [1.29, 1.82) is 0 Å². The summed E-state index contributed by atoms with van der Waals surface area (Å²) < 4.78 is 1.73. The Labute approximate surface area is 103 Å². The van der Waals surface area contributed by atoms with Gasteiger partial charge in [0.2, 0.25) is 0 Å². The summed E-state index contributed by atoms with van der Waals surface area (Å²) in [7, 11) is 1.86. The molecule has 88 valence electrons. The first-order valence-electron chi connectivity index (χ1n) is 4.94. The average molecular weight is 248 g/mol. The summed E-state index contributed by atoms with van der Waals surface area (Å²) in [5, 5.41) is 15.8. The molecule has 0 radical (unpaired) electrons. The Kier molecular flexibility index (Phi) is 3.34. The van der Waals surface area contributed by atoms with Crippen LogP contribution in [-0.4, -0.2) is 20.8 Å². The van der Waals surface area contributed by atoms with Gasteiger partial charge in [0, 0.05) is 23.7 Å². The summed E-state index contributed by atoms with van der Waals surface area (Å²) in [6.45, 7) is 0. The van der Waals surface area contributed by atoms with Crippen molar-refractivity contribution in [2.75, 3.05) is 0 Å². The number of aromatic nitrogens is 2. The van der Waals surface area contributed by atoms with Gasteiger partial charge in [-0.1, -0.05) is 35.1 Å². The minimum Gasteiger partial charge on any atom is -0.409 e. The standard InChI is InChI=1S/C11H12N4OS/c1-15-7-8(6-13-15)17-10-5-3-2-4-9(10)11(12)14-16/h2-7,16H,1H3,(H2,12,14). The highest BCUT2D eigenvalue weighted by Gasteiger charge is 2.08. The summed E-state index contributed by atoms with van der Waals surface area (Å²) in [6, 6.07) is 7.49. The van der Waals surface area contributed by atoms with Crippen LogP contribution in [0.2, 0.25) is 0 Å². The summed E-state index contributed by atoms with van der Waals surface area (Å²) in [5.74, 6) is 0.108. The van der Waals surface area contributed by atoms with Crippen molar-refractivity contribution in [1.82, 2.24) is 9.78 Å². The van der Waals surface area contributed by atoms with Crippen LogP contribution in [0, 0.1) is 0 Å². The van der Waals surface area contributed by atoms with E-state index in [1.54, 1.807) is 10.9 Å². The van der Waals surface area contributed by atoms with Gasteiger partial charge in [0.1, 0.15) is 0 Å². The highest BCUT2D eigenvalue weighted by atomic mass is 32.2. The van der Waals surface area contributed by atoms with Crippen LogP contribution < -0.4 is 5.73 Å². The summed E-state index contributed by atoms with van der Waals surface area (Å²) in [5.41, 5.74) is 6.33. The number of nitrogens with two attached hydrogens (primary N) is 1.